The van der Waals surface area contributed by atoms with Crippen LogP contribution in [0.25, 0.3) is 0 Å². The van der Waals surface area contributed by atoms with Crippen molar-refractivity contribution >= 4 is 27.4 Å². The smallest absolute Gasteiger partial charge is 0.160 e. The van der Waals surface area contributed by atoms with Crippen molar-refractivity contribution in [3.8, 4) is 5.75 Å². The van der Waals surface area contributed by atoms with Crippen LogP contribution in [0.2, 0.25) is 0 Å². The number of nitrogens with zero attached hydrogens (tertiary/aromatic N) is 1. The molecule has 0 bridgehead atoms. The number of benzene rings is 2. The van der Waals surface area contributed by atoms with Gasteiger partial charge in [0.25, 0.3) is 0 Å². The second-order valence-electron chi connectivity index (χ2n) is 4.93. The first-order valence-electron chi connectivity index (χ1n) is 6.66. The van der Waals surface area contributed by atoms with E-state index in [2.05, 4.69) is 26.9 Å². The van der Waals surface area contributed by atoms with Gasteiger partial charge in [0.2, 0.25) is 0 Å². The molecule has 0 aliphatic carbocycles. The van der Waals surface area contributed by atoms with Gasteiger partial charge in [0.05, 0.1) is 7.11 Å². The number of hydrogen-bond acceptors (Lipinski definition) is 3. The highest BCUT2D eigenvalue weighted by atomic mass is 79.9. The van der Waals surface area contributed by atoms with E-state index >= 15 is 0 Å². The highest BCUT2D eigenvalue weighted by molar-refractivity contribution is 9.10. The average molecular weight is 348 g/mol. The topological polar surface area (TPSA) is 29.5 Å². The molecule has 2 rings (SSSR count). The SMILES string of the molecule is COc1cccc(CN(C)c2ccc(C(C)=O)c(Br)c2)c1. The molecule has 0 aliphatic heterocycles. The van der Waals surface area contributed by atoms with E-state index in [9.17, 15) is 4.79 Å². The monoisotopic (exact) mass is 347 g/mol. The third-order valence-corrected chi connectivity index (χ3v) is 3.98. The number of hydrogen-bond donors (Lipinski definition) is 0. The lowest BCUT2D eigenvalue weighted by atomic mass is 10.1. The van der Waals surface area contributed by atoms with Gasteiger partial charge in [0.15, 0.2) is 5.78 Å². The molecule has 2 aromatic rings. The van der Waals surface area contributed by atoms with Crippen molar-refractivity contribution < 1.29 is 9.53 Å². The molecule has 0 heterocycles. The Morgan fingerprint density at radius 1 is 1.24 bits per heavy atom. The van der Waals surface area contributed by atoms with Crippen molar-refractivity contribution in [2.24, 2.45) is 0 Å². The number of Topliss-reactive ketones (excluding diaryl/α,β-unsaturated/α-hetero) is 1. The van der Waals surface area contributed by atoms with Crippen molar-refractivity contribution in [2.75, 3.05) is 19.1 Å². The second-order valence-corrected chi connectivity index (χ2v) is 5.78. The molecule has 110 valence electrons. The Morgan fingerprint density at radius 2 is 2.00 bits per heavy atom. The molecule has 3 nitrogen and oxygen atoms in total. The Bertz CT molecular complexity index is 655. The fourth-order valence-corrected chi connectivity index (χ4v) is 2.81. The highest BCUT2D eigenvalue weighted by Crippen LogP contribution is 2.25. The highest BCUT2D eigenvalue weighted by Gasteiger charge is 2.09. The average Bonchev–Trinajstić information content (AvgIpc) is 2.46. The molecule has 0 aromatic heterocycles. The van der Waals surface area contributed by atoms with Crippen molar-refractivity contribution in [3.63, 3.8) is 0 Å². The minimum atomic E-state index is 0.0591. The standard InChI is InChI=1S/C17H18BrNO2/c1-12(20)16-8-7-14(10-17(16)18)19(2)11-13-5-4-6-15(9-13)21-3/h4-10H,11H2,1-3H3. The molecule has 21 heavy (non-hydrogen) atoms. The van der Waals surface area contributed by atoms with Gasteiger partial charge in [-0.2, -0.15) is 0 Å². The Labute approximate surface area is 133 Å². The number of ketones is 1. The Morgan fingerprint density at radius 3 is 2.62 bits per heavy atom. The van der Waals surface area contributed by atoms with E-state index in [1.165, 1.54) is 5.56 Å². The van der Waals surface area contributed by atoms with E-state index in [0.717, 1.165) is 22.5 Å². The van der Waals surface area contributed by atoms with Crippen molar-refractivity contribution in [2.45, 2.75) is 13.5 Å². The van der Waals surface area contributed by atoms with Crippen molar-refractivity contribution in [1.29, 1.82) is 0 Å². The lowest BCUT2D eigenvalue weighted by Gasteiger charge is -2.20. The predicted octanol–water partition coefficient (Wildman–Crippen LogP) is 4.30. The molecule has 0 fully saturated rings. The molecule has 2 aromatic carbocycles. The maximum atomic E-state index is 11.5. The number of halogens is 1. The number of ether oxygens (including phenoxy) is 1. The second kappa shape index (κ2) is 6.76. The normalized spacial score (nSPS) is 10.3. The quantitative estimate of drug-likeness (QED) is 0.755. The molecular weight excluding hydrogens is 330 g/mol. The number of carbonyl (C=O) groups is 1. The minimum absolute atomic E-state index is 0.0591. The van der Waals surface area contributed by atoms with Gasteiger partial charge in [-0.1, -0.05) is 12.1 Å². The summed E-state index contributed by atoms with van der Waals surface area (Å²) in [6.07, 6.45) is 0. The van der Waals surface area contributed by atoms with Crippen molar-refractivity contribution in [1.82, 2.24) is 0 Å². The van der Waals surface area contributed by atoms with Gasteiger partial charge in [-0.15, -0.1) is 0 Å². The maximum absolute atomic E-state index is 11.5. The summed E-state index contributed by atoms with van der Waals surface area (Å²) in [5.74, 6) is 0.915. The third-order valence-electron chi connectivity index (χ3n) is 3.33. The molecule has 0 aliphatic rings. The van der Waals surface area contributed by atoms with E-state index in [1.807, 2.05) is 43.4 Å². The third kappa shape index (κ3) is 3.85. The fraction of sp³-hybridized carbons (Fsp3) is 0.235. The molecule has 0 amide bonds. The summed E-state index contributed by atoms with van der Waals surface area (Å²) in [6, 6.07) is 13.8. The summed E-state index contributed by atoms with van der Waals surface area (Å²) in [4.78, 5) is 13.6. The van der Waals surface area contributed by atoms with E-state index < -0.39 is 0 Å². The first-order valence-corrected chi connectivity index (χ1v) is 7.45. The predicted molar refractivity (Wildman–Crippen MR) is 89.2 cm³/mol. The summed E-state index contributed by atoms with van der Waals surface area (Å²) >= 11 is 3.46. The summed E-state index contributed by atoms with van der Waals surface area (Å²) in [7, 11) is 3.69. The van der Waals surface area contributed by atoms with Gasteiger partial charge in [-0.05, 0) is 58.7 Å². The lowest BCUT2D eigenvalue weighted by Crippen LogP contribution is -2.16. The van der Waals surface area contributed by atoms with Gasteiger partial charge >= 0.3 is 0 Å². The van der Waals surface area contributed by atoms with Gasteiger partial charge < -0.3 is 9.64 Å². The summed E-state index contributed by atoms with van der Waals surface area (Å²) < 4.78 is 6.06. The maximum Gasteiger partial charge on any atom is 0.160 e. The van der Waals surface area contributed by atoms with Crippen LogP contribution in [0.1, 0.15) is 22.8 Å². The molecule has 0 saturated carbocycles. The Hall–Kier alpha value is -1.81. The number of carbonyl (C=O) groups excluding carboxylic acids is 1. The number of rotatable bonds is 5. The van der Waals surface area contributed by atoms with Crippen molar-refractivity contribution in [3.05, 3.63) is 58.1 Å². The lowest BCUT2D eigenvalue weighted by molar-refractivity contribution is 0.101. The van der Waals surface area contributed by atoms with Crippen LogP contribution < -0.4 is 9.64 Å². The van der Waals surface area contributed by atoms with E-state index in [4.69, 9.17) is 4.74 Å². The van der Waals surface area contributed by atoms with E-state index in [0.29, 0.717) is 5.56 Å². The first kappa shape index (κ1) is 15.6. The molecular formula is C17H18BrNO2. The van der Waals surface area contributed by atoms with Crippen LogP contribution in [0, 0.1) is 0 Å². The van der Waals surface area contributed by atoms with Crippen LogP contribution in [0.15, 0.2) is 46.9 Å². The van der Waals surface area contributed by atoms with Crippen LogP contribution in [0.3, 0.4) is 0 Å². The van der Waals surface area contributed by atoms with Crippen LogP contribution in [0.4, 0.5) is 5.69 Å². The largest absolute Gasteiger partial charge is 0.497 e. The number of methoxy groups -OCH3 is 1. The van der Waals surface area contributed by atoms with Gasteiger partial charge in [0.1, 0.15) is 5.75 Å². The van der Waals surface area contributed by atoms with Gasteiger partial charge in [-0.3, -0.25) is 4.79 Å². The summed E-state index contributed by atoms with van der Waals surface area (Å²) in [6.45, 7) is 2.34. The minimum Gasteiger partial charge on any atom is -0.497 e. The Balaban J connectivity index is 2.18. The zero-order valence-corrected chi connectivity index (χ0v) is 14.0. The molecule has 4 heteroatoms. The Kier molecular flexibility index (Phi) is 5.02. The van der Waals surface area contributed by atoms with Gasteiger partial charge in [0, 0.05) is 29.3 Å². The van der Waals surface area contributed by atoms with Crippen LogP contribution >= 0.6 is 15.9 Å². The summed E-state index contributed by atoms with van der Waals surface area (Å²) in [5.41, 5.74) is 2.92. The molecule has 0 N–H and O–H groups in total. The van der Waals surface area contributed by atoms with Gasteiger partial charge in [-0.25, -0.2) is 0 Å². The molecule has 0 unspecified atom stereocenters. The number of anilines is 1. The zero-order chi connectivity index (χ0) is 15.4. The fourth-order valence-electron chi connectivity index (χ4n) is 2.16. The molecule has 0 atom stereocenters. The van der Waals surface area contributed by atoms with E-state index in [-0.39, 0.29) is 5.78 Å². The first-order chi connectivity index (χ1) is 10.0. The van der Waals surface area contributed by atoms with E-state index in [1.54, 1.807) is 14.0 Å². The molecule has 0 spiro atoms. The van der Waals surface area contributed by atoms with Crippen LogP contribution in [0.5, 0.6) is 5.75 Å². The van der Waals surface area contributed by atoms with Crippen LogP contribution in [-0.2, 0) is 6.54 Å². The zero-order valence-electron chi connectivity index (χ0n) is 12.4. The molecule has 0 saturated heterocycles. The summed E-state index contributed by atoms with van der Waals surface area (Å²) in [5, 5.41) is 0. The van der Waals surface area contributed by atoms with Crippen LogP contribution in [-0.4, -0.2) is 19.9 Å². The molecule has 0 radical (unpaired) electrons.